The molecule has 2 aromatic carbocycles. The Kier molecular flexibility index (Phi) is 9.82. The van der Waals surface area contributed by atoms with Gasteiger partial charge in [-0.2, -0.15) is 0 Å². The van der Waals surface area contributed by atoms with E-state index in [1.54, 1.807) is 7.11 Å². The highest BCUT2D eigenvalue weighted by Crippen LogP contribution is 2.43. The standard InChI is InChI=1S/C39H47N3O3/c1-5-8-9-10-13-20-45-37-23-28(31-14-11-12-15-33(31)41-37)21-29-24-32(38-30(7-3)36(44-4)17-16-34(38)40-29)39(43)35-22-27-18-19-42(35)25-26(27)6-2/h6-7,11-12,14-17,23-24,26-27,35,39,43H,2-3,5,8-10,13,18-22,25H2,1,4H3/t26-,27?,35-,39+/m0/s1. The van der Waals surface area contributed by atoms with Crippen LogP contribution in [0, 0.1) is 11.8 Å². The lowest BCUT2D eigenvalue weighted by atomic mass is 9.73. The molecule has 5 atom stereocenters. The first-order chi connectivity index (χ1) is 22.0. The van der Waals surface area contributed by atoms with Crippen LogP contribution in [-0.2, 0) is 6.42 Å². The minimum absolute atomic E-state index is 0.0429. The predicted octanol–water partition coefficient (Wildman–Crippen LogP) is 8.30. The third-order valence-electron chi connectivity index (χ3n) is 9.97. The van der Waals surface area contributed by atoms with Gasteiger partial charge < -0.3 is 14.6 Å². The van der Waals surface area contributed by atoms with Gasteiger partial charge in [0.1, 0.15) is 5.75 Å². The van der Waals surface area contributed by atoms with Crippen molar-refractivity contribution in [3.63, 3.8) is 0 Å². The summed E-state index contributed by atoms with van der Waals surface area (Å²) < 4.78 is 11.9. The quantitative estimate of drug-likeness (QED) is 0.115. The number of aromatic nitrogens is 2. The summed E-state index contributed by atoms with van der Waals surface area (Å²) in [7, 11) is 1.67. The minimum atomic E-state index is -0.672. The number of rotatable bonds is 14. The fraction of sp³-hybridized carbons (Fsp3) is 0.436. The number of fused-ring (bicyclic) bond motifs is 5. The number of pyridine rings is 2. The lowest BCUT2D eigenvalue weighted by molar-refractivity contribution is -0.0445. The van der Waals surface area contributed by atoms with Gasteiger partial charge in [0, 0.05) is 47.1 Å². The number of hydrogen-bond acceptors (Lipinski definition) is 6. The fourth-order valence-electron chi connectivity index (χ4n) is 7.56. The van der Waals surface area contributed by atoms with Gasteiger partial charge in [0.2, 0.25) is 5.88 Å². The fourth-order valence-corrected chi connectivity index (χ4v) is 7.56. The second-order valence-corrected chi connectivity index (χ2v) is 12.7. The van der Waals surface area contributed by atoms with E-state index in [4.69, 9.17) is 19.4 Å². The molecule has 0 aliphatic carbocycles. The summed E-state index contributed by atoms with van der Waals surface area (Å²) >= 11 is 0. The van der Waals surface area contributed by atoms with E-state index >= 15 is 0 Å². The summed E-state index contributed by atoms with van der Waals surface area (Å²) in [6, 6.07) is 16.4. The summed E-state index contributed by atoms with van der Waals surface area (Å²) in [5.74, 6) is 2.43. The van der Waals surface area contributed by atoms with E-state index in [1.165, 1.54) is 25.7 Å². The molecule has 1 N–H and O–H groups in total. The van der Waals surface area contributed by atoms with Gasteiger partial charge in [0.25, 0.3) is 0 Å². The van der Waals surface area contributed by atoms with Crippen LogP contribution in [0.4, 0.5) is 0 Å². The van der Waals surface area contributed by atoms with Crippen LogP contribution in [0.1, 0.15) is 80.4 Å². The highest BCUT2D eigenvalue weighted by atomic mass is 16.5. The molecule has 2 bridgehead atoms. The molecule has 0 spiro atoms. The number of benzene rings is 2. The van der Waals surface area contributed by atoms with Gasteiger partial charge in [-0.1, -0.05) is 69.5 Å². The second kappa shape index (κ2) is 14.1. The summed E-state index contributed by atoms with van der Waals surface area (Å²) in [4.78, 5) is 12.4. The predicted molar refractivity (Wildman–Crippen MR) is 184 cm³/mol. The molecule has 3 fully saturated rings. The van der Waals surface area contributed by atoms with Gasteiger partial charge in [-0.15, -0.1) is 6.58 Å². The molecule has 45 heavy (non-hydrogen) atoms. The smallest absolute Gasteiger partial charge is 0.214 e. The molecule has 236 valence electrons. The first-order valence-electron chi connectivity index (χ1n) is 16.7. The molecule has 3 aliphatic rings. The van der Waals surface area contributed by atoms with Crippen molar-refractivity contribution in [2.24, 2.45) is 11.8 Å². The third kappa shape index (κ3) is 6.49. The van der Waals surface area contributed by atoms with Gasteiger partial charge in [-0.3, -0.25) is 9.88 Å². The van der Waals surface area contributed by atoms with E-state index in [1.807, 2.05) is 30.3 Å². The van der Waals surface area contributed by atoms with Crippen LogP contribution in [0.5, 0.6) is 11.6 Å². The SMILES string of the molecule is C=Cc1c(OC)ccc2nc(Cc3cc(OCCCCCCC)nc4ccccc34)cc([C@@H](O)[C@@H]3CC4CCN3C[C@@H]4C=C)c12. The van der Waals surface area contributed by atoms with Crippen LogP contribution < -0.4 is 9.47 Å². The number of nitrogens with zero attached hydrogens (tertiary/aromatic N) is 3. The van der Waals surface area contributed by atoms with Crippen molar-refractivity contribution >= 4 is 27.9 Å². The van der Waals surface area contributed by atoms with Crippen molar-refractivity contribution in [1.29, 1.82) is 0 Å². The zero-order valence-electron chi connectivity index (χ0n) is 26.9. The van der Waals surface area contributed by atoms with Crippen molar-refractivity contribution in [1.82, 2.24) is 14.9 Å². The first-order valence-corrected chi connectivity index (χ1v) is 16.7. The van der Waals surface area contributed by atoms with Crippen LogP contribution >= 0.6 is 0 Å². The maximum atomic E-state index is 12.2. The second-order valence-electron chi connectivity index (χ2n) is 12.7. The van der Waals surface area contributed by atoms with Crippen LogP contribution in [0.25, 0.3) is 27.9 Å². The summed E-state index contributed by atoms with van der Waals surface area (Å²) in [6.45, 7) is 13.1. The summed E-state index contributed by atoms with van der Waals surface area (Å²) in [5, 5.41) is 14.2. The van der Waals surface area contributed by atoms with Crippen LogP contribution in [0.3, 0.4) is 0 Å². The van der Waals surface area contributed by atoms with Gasteiger partial charge in [-0.25, -0.2) is 4.98 Å². The monoisotopic (exact) mass is 605 g/mol. The molecular formula is C39H47N3O3. The number of methoxy groups -OCH3 is 1. The van der Waals surface area contributed by atoms with E-state index in [0.29, 0.717) is 30.7 Å². The molecule has 0 radical (unpaired) electrons. The van der Waals surface area contributed by atoms with Crippen molar-refractivity contribution in [3.8, 4) is 11.6 Å². The maximum Gasteiger partial charge on any atom is 0.214 e. The molecule has 5 heterocycles. The maximum absolute atomic E-state index is 12.2. The molecule has 6 heteroatoms. The van der Waals surface area contributed by atoms with Crippen molar-refractivity contribution in [2.45, 2.75) is 70.4 Å². The number of aliphatic hydroxyl groups excluding tert-OH is 1. The first kappa shape index (κ1) is 31.3. The largest absolute Gasteiger partial charge is 0.496 e. The van der Waals surface area contributed by atoms with E-state index in [-0.39, 0.29) is 6.04 Å². The molecule has 2 aromatic heterocycles. The topological polar surface area (TPSA) is 67.7 Å². The lowest BCUT2D eigenvalue weighted by Crippen LogP contribution is -2.54. The van der Waals surface area contributed by atoms with E-state index in [9.17, 15) is 5.11 Å². The van der Waals surface area contributed by atoms with Gasteiger partial charge in [-0.05, 0) is 73.0 Å². The zero-order valence-corrected chi connectivity index (χ0v) is 26.9. The van der Waals surface area contributed by atoms with Crippen LogP contribution in [0.2, 0.25) is 0 Å². The molecule has 3 aliphatic heterocycles. The number of ether oxygens (including phenoxy) is 2. The Labute approximate surface area is 267 Å². The number of hydrogen-bond donors (Lipinski definition) is 1. The minimum Gasteiger partial charge on any atom is -0.496 e. The molecular weight excluding hydrogens is 558 g/mol. The zero-order chi connectivity index (χ0) is 31.3. The number of para-hydroxylation sites is 1. The summed E-state index contributed by atoms with van der Waals surface area (Å²) in [6.07, 6.45) is 11.9. The number of aliphatic hydroxyl groups is 1. The third-order valence-corrected chi connectivity index (χ3v) is 9.97. The Morgan fingerprint density at radius 3 is 2.64 bits per heavy atom. The highest BCUT2D eigenvalue weighted by molar-refractivity contribution is 5.94. The molecule has 4 aromatic rings. The number of piperidine rings is 3. The molecule has 6 nitrogen and oxygen atoms in total. The molecule has 0 saturated carbocycles. The Hall–Kier alpha value is -3.74. The van der Waals surface area contributed by atoms with E-state index in [0.717, 1.165) is 82.3 Å². The Morgan fingerprint density at radius 2 is 1.89 bits per heavy atom. The van der Waals surface area contributed by atoms with Gasteiger partial charge in [0.15, 0.2) is 0 Å². The van der Waals surface area contributed by atoms with E-state index in [2.05, 4.69) is 55.3 Å². The van der Waals surface area contributed by atoms with Crippen LogP contribution in [0.15, 0.2) is 67.8 Å². The number of unbranched alkanes of at least 4 members (excludes halogenated alkanes) is 4. The van der Waals surface area contributed by atoms with Crippen molar-refractivity contribution in [3.05, 3.63) is 90.1 Å². The Bertz CT molecular complexity index is 1670. The summed E-state index contributed by atoms with van der Waals surface area (Å²) in [5.41, 5.74) is 5.52. The molecule has 3 saturated heterocycles. The Balaban J connectivity index is 1.37. The van der Waals surface area contributed by atoms with Gasteiger partial charge >= 0.3 is 0 Å². The van der Waals surface area contributed by atoms with Crippen molar-refractivity contribution < 1.29 is 14.6 Å². The van der Waals surface area contributed by atoms with Crippen molar-refractivity contribution in [2.75, 3.05) is 26.8 Å². The Morgan fingerprint density at radius 1 is 1.04 bits per heavy atom. The average Bonchev–Trinajstić information content (AvgIpc) is 3.08. The average molecular weight is 606 g/mol. The lowest BCUT2D eigenvalue weighted by Gasteiger charge is -2.50. The molecule has 0 amide bonds. The molecule has 7 rings (SSSR count). The highest BCUT2D eigenvalue weighted by Gasteiger charge is 2.42. The van der Waals surface area contributed by atoms with E-state index < -0.39 is 6.10 Å². The van der Waals surface area contributed by atoms with Crippen LogP contribution in [-0.4, -0.2) is 52.8 Å². The normalized spacial score (nSPS) is 21.6. The molecule has 2 unspecified atom stereocenters. The van der Waals surface area contributed by atoms with Gasteiger partial charge in [0.05, 0.1) is 30.9 Å².